The molecule has 0 aromatic carbocycles. The first-order valence-corrected chi connectivity index (χ1v) is 5.90. The number of hydrogen-bond donors (Lipinski definition) is 2. The summed E-state index contributed by atoms with van der Waals surface area (Å²) in [6.07, 6.45) is 4.67. The molecule has 0 saturated carbocycles. The van der Waals surface area contributed by atoms with E-state index in [0.29, 0.717) is 5.57 Å². The third-order valence-corrected chi connectivity index (χ3v) is 2.32. The van der Waals surface area contributed by atoms with Gasteiger partial charge in [0.05, 0.1) is 18.8 Å². The van der Waals surface area contributed by atoms with Gasteiger partial charge >= 0.3 is 11.9 Å². The molecule has 5 heteroatoms. The van der Waals surface area contributed by atoms with Crippen LogP contribution in [-0.2, 0) is 14.3 Å². The van der Waals surface area contributed by atoms with Gasteiger partial charge in [0.15, 0.2) is 0 Å². The molecule has 0 saturated heterocycles. The average Bonchev–Trinajstić information content (AvgIpc) is 2.31. The third kappa shape index (κ3) is 7.62. The molecule has 2 N–H and O–H groups in total. The molecule has 0 aliphatic heterocycles. The Morgan fingerprint density at radius 2 is 1.94 bits per heavy atom. The summed E-state index contributed by atoms with van der Waals surface area (Å²) in [5.74, 6) is -2.06. The second kappa shape index (κ2) is 9.41. The lowest BCUT2D eigenvalue weighted by Gasteiger charge is -2.05. The number of rotatable bonds is 10. The van der Waals surface area contributed by atoms with Gasteiger partial charge in [0.1, 0.15) is 0 Å². The first kappa shape index (κ1) is 16.4. The SMILES string of the molecule is C=C(COCCC(=CCCCC)C(=O)O)C(=O)O. The molecule has 0 unspecified atom stereocenters. The Morgan fingerprint density at radius 3 is 2.44 bits per heavy atom. The molecule has 0 aliphatic carbocycles. The Bertz CT molecular complexity index is 330. The smallest absolute Gasteiger partial charge is 0.333 e. The van der Waals surface area contributed by atoms with Crippen molar-refractivity contribution in [2.45, 2.75) is 32.6 Å². The van der Waals surface area contributed by atoms with Gasteiger partial charge in [0.25, 0.3) is 0 Å². The Kier molecular flexibility index (Phi) is 8.57. The van der Waals surface area contributed by atoms with Crippen LogP contribution in [0.1, 0.15) is 32.6 Å². The average molecular weight is 256 g/mol. The maximum absolute atomic E-state index is 10.9. The highest BCUT2D eigenvalue weighted by molar-refractivity contribution is 5.86. The lowest BCUT2D eigenvalue weighted by molar-refractivity contribution is -0.134. The van der Waals surface area contributed by atoms with E-state index in [1.807, 2.05) is 6.92 Å². The minimum Gasteiger partial charge on any atom is -0.478 e. The van der Waals surface area contributed by atoms with E-state index < -0.39 is 11.9 Å². The molecule has 5 nitrogen and oxygen atoms in total. The summed E-state index contributed by atoms with van der Waals surface area (Å²) in [7, 11) is 0. The van der Waals surface area contributed by atoms with E-state index in [2.05, 4.69) is 6.58 Å². The third-order valence-electron chi connectivity index (χ3n) is 2.32. The summed E-state index contributed by atoms with van der Waals surface area (Å²) in [6, 6.07) is 0. The topological polar surface area (TPSA) is 83.8 Å². The molecule has 0 fully saturated rings. The van der Waals surface area contributed by atoms with Crippen LogP contribution in [0.25, 0.3) is 0 Å². The van der Waals surface area contributed by atoms with Crippen LogP contribution in [0, 0.1) is 0 Å². The first-order chi connectivity index (χ1) is 8.49. The van der Waals surface area contributed by atoms with Crippen molar-refractivity contribution in [3.63, 3.8) is 0 Å². The highest BCUT2D eigenvalue weighted by Crippen LogP contribution is 2.07. The summed E-state index contributed by atoms with van der Waals surface area (Å²) in [5, 5.41) is 17.5. The van der Waals surface area contributed by atoms with E-state index in [4.69, 9.17) is 14.9 Å². The first-order valence-electron chi connectivity index (χ1n) is 5.90. The minimum atomic E-state index is -1.10. The van der Waals surface area contributed by atoms with Gasteiger partial charge in [0.2, 0.25) is 0 Å². The van der Waals surface area contributed by atoms with E-state index in [9.17, 15) is 9.59 Å². The number of carbonyl (C=O) groups is 2. The lowest BCUT2D eigenvalue weighted by atomic mass is 10.1. The molecule has 18 heavy (non-hydrogen) atoms. The van der Waals surface area contributed by atoms with E-state index >= 15 is 0 Å². The van der Waals surface area contributed by atoms with Crippen LogP contribution in [0.2, 0.25) is 0 Å². The van der Waals surface area contributed by atoms with Crippen molar-refractivity contribution in [3.05, 3.63) is 23.8 Å². The zero-order chi connectivity index (χ0) is 14.0. The van der Waals surface area contributed by atoms with Crippen LogP contribution in [0.5, 0.6) is 0 Å². The van der Waals surface area contributed by atoms with Gasteiger partial charge in [-0.05, 0) is 6.42 Å². The molecule has 0 heterocycles. The van der Waals surface area contributed by atoms with Crippen molar-refractivity contribution < 1.29 is 24.5 Å². The van der Waals surface area contributed by atoms with Crippen LogP contribution >= 0.6 is 0 Å². The molecule has 0 spiro atoms. The normalized spacial score (nSPS) is 11.3. The molecule has 0 atom stereocenters. The highest BCUT2D eigenvalue weighted by Gasteiger charge is 2.08. The monoisotopic (exact) mass is 256 g/mol. The molecule has 0 aliphatic rings. The summed E-state index contributed by atoms with van der Waals surface area (Å²) < 4.78 is 5.06. The van der Waals surface area contributed by atoms with Gasteiger partial charge in [-0.1, -0.05) is 32.4 Å². The van der Waals surface area contributed by atoms with Gasteiger partial charge in [-0.3, -0.25) is 0 Å². The van der Waals surface area contributed by atoms with E-state index in [0.717, 1.165) is 19.3 Å². The predicted molar refractivity (Wildman–Crippen MR) is 67.5 cm³/mol. The fourth-order valence-electron chi connectivity index (χ4n) is 1.22. The van der Waals surface area contributed by atoms with Crippen LogP contribution < -0.4 is 0 Å². The number of aliphatic carboxylic acids is 2. The standard InChI is InChI=1S/C13H20O5/c1-3-4-5-6-11(13(16)17)7-8-18-9-10(2)12(14)15/h6H,2-5,7-9H2,1H3,(H,14,15)(H,16,17). The minimum absolute atomic E-state index is 0.0400. The van der Waals surface area contributed by atoms with Crippen molar-refractivity contribution in [1.82, 2.24) is 0 Å². The van der Waals surface area contributed by atoms with Crippen molar-refractivity contribution in [3.8, 4) is 0 Å². The van der Waals surface area contributed by atoms with Crippen molar-refractivity contribution in [1.29, 1.82) is 0 Å². The number of carboxylic acid groups (broad SMARTS) is 2. The zero-order valence-corrected chi connectivity index (χ0v) is 10.6. The van der Waals surface area contributed by atoms with Gasteiger partial charge in [0, 0.05) is 12.0 Å². The highest BCUT2D eigenvalue weighted by atomic mass is 16.5. The van der Waals surface area contributed by atoms with Crippen molar-refractivity contribution >= 4 is 11.9 Å². The predicted octanol–water partition coefficient (Wildman–Crippen LogP) is 2.24. The molecular weight excluding hydrogens is 236 g/mol. The fraction of sp³-hybridized carbons (Fsp3) is 0.538. The summed E-state index contributed by atoms with van der Waals surface area (Å²) >= 11 is 0. The number of unbranched alkanes of at least 4 members (excludes halogenated alkanes) is 2. The largest absolute Gasteiger partial charge is 0.478 e. The number of hydrogen-bond acceptors (Lipinski definition) is 3. The quantitative estimate of drug-likeness (QED) is 0.462. The molecule has 0 radical (unpaired) electrons. The molecule has 0 bridgehead atoms. The Balaban J connectivity index is 3.98. The number of allylic oxidation sites excluding steroid dienone is 1. The van der Waals surface area contributed by atoms with Gasteiger partial charge < -0.3 is 14.9 Å². The van der Waals surface area contributed by atoms with Crippen molar-refractivity contribution in [2.75, 3.05) is 13.2 Å². The molecule has 0 rings (SSSR count). The zero-order valence-electron chi connectivity index (χ0n) is 10.6. The van der Waals surface area contributed by atoms with E-state index in [1.165, 1.54) is 0 Å². The fourth-order valence-corrected chi connectivity index (χ4v) is 1.22. The van der Waals surface area contributed by atoms with Crippen LogP contribution in [0.3, 0.4) is 0 Å². The summed E-state index contributed by atoms with van der Waals surface area (Å²) in [4.78, 5) is 21.3. The molecular formula is C13H20O5. The molecule has 0 aromatic heterocycles. The summed E-state index contributed by atoms with van der Waals surface area (Å²) in [6.45, 7) is 5.44. The Hall–Kier alpha value is -1.62. The van der Waals surface area contributed by atoms with Gasteiger partial charge in [-0.15, -0.1) is 0 Å². The molecule has 0 aromatic rings. The van der Waals surface area contributed by atoms with Crippen molar-refractivity contribution in [2.24, 2.45) is 0 Å². The maximum Gasteiger partial charge on any atom is 0.333 e. The Morgan fingerprint density at radius 1 is 1.28 bits per heavy atom. The van der Waals surface area contributed by atoms with Gasteiger partial charge in [-0.25, -0.2) is 9.59 Å². The van der Waals surface area contributed by atoms with Crippen LogP contribution in [-0.4, -0.2) is 35.4 Å². The van der Waals surface area contributed by atoms with Crippen LogP contribution in [0.15, 0.2) is 23.8 Å². The lowest BCUT2D eigenvalue weighted by Crippen LogP contribution is -2.09. The van der Waals surface area contributed by atoms with Crippen LogP contribution in [0.4, 0.5) is 0 Å². The Labute approximate surface area is 107 Å². The second-order valence-corrected chi connectivity index (χ2v) is 3.89. The molecule has 0 amide bonds. The van der Waals surface area contributed by atoms with E-state index in [1.54, 1.807) is 6.08 Å². The summed E-state index contributed by atoms with van der Waals surface area (Å²) in [5.41, 5.74) is 0.270. The molecule has 102 valence electrons. The number of carboxylic acids is 2. The maximum atomic E-state index is 10.9. The van der Waals surface area contributed by atoms with E-state index in [-0.39, 0.29) is 25.2 Å². The van der Waals surface area contributed by atoms with Gasteiger partial charge in [-0.2, -0.15) is 0 Å². The number of ether oxygens (including phenoxy) is 1. The second-order valence-electron chi connectivity index (χ2n) is 3.89.